The van der Waals surface area contributed by atoms with E-state index in [-0.39, 0.29) is 5.91 Å². The molecule has 2 aromatic carbocycles. The molecule has 33 heavy (non-hydrogen) atoms. The van der Waals surface area contributed by atoms with Crippen molar-refractivity contribution >= 4 is 12.1 Å². The summed E-state index contributed by atoms with van der Waals surface area (Å²) in [6, 6.07) is 20.3. The molecular weight excluding hydrogens is 408 g/mol. The van der Waals surface area contributed by atoms with E-state index in [1.165, 1.54) is 11.1 Å². The van der Waals surface area contributed by atoms with E-state index in [4.69, 9.17) is 0 Å². The van der Waals surface area contributed by atoms with Gasteiger partial charge in [-0.25, -0.2) is 5.43 Å². The average molecular weight is 439 g/mol. The van der Waals surface area contributed by atoms with Crippen molar-refractivity contribution in [2.24, 2.45) is 5.10 Å². The van der Waals surface area contributed by atoms with Crippen molar-refractivity contribution in [3.63, 3.8) is 0 Å². The lowest BCUT2D eigenvalue weighted by Gasteiger charge is -2.11. The summed E-state index contributed by atoms with van der Waals surface area (Å²) in [6.45, 7) is 12.5. The SMILES string of the molecule is Cc1ccc(-n2c(C)cc(/C=N\NC(=O)c3cccc(-n4c(C)ccc4C)c3)c2C)cc1C. The molecule has 0 saturated heterocycles. The van der Waals surface area contributed by atoms with Crippen molar-refractivity contribution < 1.29 is 4.79 Å². The first-order valence-electron chi connectivity index (χ1n) is 11.1. The minimum absolute atomic E-state index is 0.237. The van der Waals surface area contributed by atoms with Crippen molar-refractivity contribution in [1.82, 2.24) is 14.6 Å². The Hall–Kier alpha value is -3.86. The minimum Gasteiger partial charge on any atom is -0.318 e. The number of nitrogens with one attached hydrogen (secondary N) is 1. The molecule has 0 saturated carbocycles. The van der Waals surface area contributed by atoms with E-state index in [1.54, 1.807) is 12.3 Å². The molecule has 0 aliphatic heterocycles. The van der Waals surface area contributed by atoms with Crippen molar-refractivity contribution in [1.29, 1.82) is 0 Å². The van der Waals surface area contributed by atoms with Crippen LogP contribution in [0.5, 0.6) is 0 Å². The van der Waals surface area contributed by atoms with Gasteiger partial charge in [0.05, 0.1) is 6.21 Å². The van der Waals surface area contributed by atoms with E-state index >= 15 is 0 Å². The Morgan fingerprint density at radius 1 is 0.758 bits per heavy atom. The summed E-state index contributed by atoms with van der Waals surface area (Å²) in [4.78, 5) is 12.7. The van der Waals surface area contributed by atoms with Crippen LogP contribution in [0.25, 0.3) is 11.4 Å². The first-order chi connectivity index (χ1) is 15.8. The zero-order chi connectivity index (χ0) is 23.7. The molecular formula is C28H30N4O. The molecule has 0 fully saturated rings. The largest absolute Gasteiger partial charge is 0.318 e. The smallest absolute Gasteiger partial charge is 0.271 e. The number of carbonyl (C=O) groups excluding carboxylic acids is 1. The zero-order valence-electron chi connectivity index (χ0n) is 20.1. The number of rotatable bonds is 5. The Balaban J connectivity index is 1.53. The highest BCUT2D eigenvalue weighted by atomic mass is 16.2. The van der Waals surface area contributed by atoms with E-state index in [2.05, 4.69) is 97.6 Å². The second-order valence-electron chi connectivity index (χ2n) is 8.63. The molecule has 0 bridgehead atoms. The van der Waals surface area contributed by atoms with E-state index in [1.807, 2.05) is 18.2 Å². The monoisotopic (exact) mass is 438 g/mol. The van der Waals surface area contributed by atoms with Crippen LogP contribution in [0.1, 0.15) is 49.8 Å². The third kappa shape index (κ3) is 4.40. The van der Waals surface area contributed by atoms with Gasteiger partial charge in [0.2, 0.25) is 0 Å². The van der Waals surface area contributed by atoms with Crippen LogP contribution >= 0.6 is 0 Å². The molecule has 0 aliphatic carbocycles. The molecule has 1 N–H and O–H groups in total. The number of hydrogen-bond donors (Lipinski definition) is 1. The van der Waals surface area contributed by atoms with Gasteiger partial charge in [-0.2, -0.15) is 5.10 Å². The quantitative estimate of drug-likeness (QED) is 0.307. The second kappa shape index (κ2) is 8.94. The average Bonchev–Trinajstić information content (AvgIpc) is 3.27. The van der Waals surface area contributed by atoms with Crippen LogP contribution in [0.3, 0.4) is 0 Å². The topological polar surface area (TPSA) is 51.3 Å². The van der Waals surface area contributed by atoms with Crippen LogP contribution < -0.4 is 5.43 Å². The maximum atomic E-state index is 12.7. The number of amides is 1. The van der Waals surface area contributed by atoms with Crippen LogP contribution in [0.15, 0.2) is 65.8 Å². The standard InChI is InChI=1S/C28H30N4O/c1-18-10-13-27(14-19(18)2)32-22(5)15-25(23(32)6)17-29-30-28(33)24-8-7-9-26(16-24)31-20(3)11-12-21(31)4/h7-17H,1-6H3,(H,30,33)/b29-17-. The van der Waals surface area contributed by atoms with Gasteiger partial charge in [-0.3, -0.25) is 4.79 Å². The second-order valence-corrected chi connectivity index (χ2v) is 8.63. The highest BCUT2D eigenvalue weighted by Gasteiger charge is 2.11. The van der Waals surface area contributed by atoms with E-state index in [0.717, 1.165) is 39.7 Å². The van der Waals surface area contributed by atoms with Gasteiger partial charge in [0.15, 0.2) is 0 Å². The highest BCUT2D eigenvalue weighted by molar-refractivity contribution is 5.95. The molecule has 168 valence electrons. The summed E-state index contributed by atoms with van der Waals surface area (Å²) in [5, 5.41) is 4.24. The summed E-state index contributed by atoms with van der Waals surface area (Å²) in [5.41, 5.74) is 13.3. The predicted octanol–water partition coefficient (Wildman–Crippen LogP) is 5.88. The molecule has 0 radical (unpaired) electrons. The van der Waals surface area contributed by atoms with Crippen molar-refractivity contribution in [3.05, 3.63) is 106 Å². The van der Waals surface area contributed by atoms with Gasteiger partial charge in [0.25, 0.3) is 5.91 Å². The van der Waals surface area contributed by atoms with Gasteiger partial charge in [-0.05, 0) is 101 Å². The number of hydrazone groups is 1. The fraction of sp³-hybridized carbons (Fsp3) is 0.214. The molecule has 2 aromatic heterocycles. The van der Waals surface area contributed by atoms with Gasteiger partial charge >= 0.3 is 0 Å². The first-order valence-corrected chi connectivity index (χ1v) is 11.1. The number of carbonyl (C=O) groups is 1. The Morgan fingerprint density at radius 3 is 2.15 bits per heavy atom. The van der Waals surface area contributed by atoms with Crippen molar-refractivity contribution in [2.75, 3.05) is 0 Å². The fourth-order valence-electron chi connectivity index (χ4n) is 4.27. The molecule has 0 unspecified atom stereocenters. The third-order valence-electron chi connectivity index (χ3n) is 6.23. The van der Waals surface area contributed by atoms with E-state index < -0.39 is 0 Å². The predicted molar refractivity (Wildman–Crippen MR) is 135 cm³/mol. The van der Waals surface area contributed by atoms with Gasteiger partial charge in [-0.15, -0.1) is 0 Å². The number of benzene rings is 2. The Morgan fingerprint density at radius 2 is 1.45 bits per heavy atom. The van der Waals surface area contributed by atoms with Gasteiger partial charge in [0, 0.05) is 45.3 Å². The summed E-state index contributed by atoms with van der Waals surface area (Å²) in [5.74, 6) is -0.237. The number of aromatic nitrogens is 2. The lowest BCUT2D eigenvalue weighted by molar-refractivity contribution is 0.0955. The molecule has 1 amide bonds. The minimum atomic E-state index is -0.237. The summed E-state index contributed by atoms with van der Waals surface area (Å²) in [7, 11) is 0. The maximum Gasteiger partial charge on any atom is 0.271 e. The molecule has 2 heterocycles. The molecule has 4 rings (SSSR count). The molecule has 4 aromatic rings. The van der Waals surface area contributed by atoms with Gasteiger partial charge in [0.1, 0.15) is 0 Å². The van der Waals surface area contributed by atoms with Gasteiger partial charge < -0.3 is 9.13 Å². The lowest BCUT2D eigenvalue weighted by Crippen LogP contribution is -2.18. The molecule has 0 atom stereocenters. The Bertz CT molecular complexity index is 1350. The number of hydrogen-bond acceptors (Lipinski definition) is 2. The number of aryl methyl sites for hydroxylation is 5. The van der Waals surface area contributed by atoms with E-state index in [0.29, 0.717) is 5.56 Å². The van der Waals surface area contributed by atoms with E-state index in [9.17, 15) is 4.79 Å². The molecule has 5 nitrogen and oxygen atoms in total. The summed E-state index contributed by atoms with van der Waals surface area (Å²) in [6.07, 6.45) is 1.71. The van der Waals surface area contributed by atoms with Crippen molar-refractivity contribution in [3.8, 4) is 11.4 Å². The van der Waals surface area contributed by atoms with Crippen molar-refractivity contribution in [2.45, 2.75) is 41.5 Å². The first kappa shape index (κ1) is 22.3. The number of nitrogens with zero attached hydrogens (tertiary/aromatic N) is 3. The third-order valence-corrected chi connectivity index (χ3v) is 6.23. The lowest BCUT2D eigenvalue weighted by atomic mass is 10.1. The Labute approximate surface area is 195 Å². The van der Waals surface area contributed by atoms with Crippen LogP contribution in [-0.4, -0.2) is 21.3 Å². The normalized spacial score (nSPS) is 11.3. The van der Waals surface area contributed by atoms with Crippen LogP contribution in [0.4, 0.5) is 0 Å². The molecule has 0 aliphatic rings. The van der Waals surface area contributed by atoms with Crippen LogP contribution in [0, 0.1) is 41.5 Å². The summed E-state index contributed by atoms with van der Waals surface area (Å²) < 4.78 is 4.34. The maximum absolute atomic E-state index is 12.7. The molecule has 5 heteroatoms. The highest BCUT2D eigenvalue weighted by Crippen LogP contribution is 2.22. The molecule has 0 spiro atoms. The summed E-state index contributed by atoms with van der Waals surface area (Å²) >= 11 is 0. The zero-order valence-corrected chi connectivity index (χ0v) is 20.1. The van der Waals surface area contributed by atoms with Crippen LogP contribution in [-0.2, 0) is 0 Å². The van der Waals surface area contributed by atoms with Gasteiger partial charge in [-0.1, -0.05) is 12.1 Å². The fourth-order valence-corrected chi connectivity index (χ4v) is 4.27. The Kier molecular flexibility index (Phi) is 6.05. The van der Waals surface area contributed by atoms with Crippen LogP contribution in [0.2, 0.25) is 0 Å².